The molecular formula is C22H37NO4. The van der Waals surface area contributed by atoms with Crippen molar-refractivity contribution in [3.8, 4) is 5.75 Å². The second-order valence-corrected chi connectivity index (χ2v) is 9.48. The van der Waals surface area contributed by atoms with E-state index in [2.05, 4.69) is 13.8 Å². The number of aliphatic hydroxyl groups is 1. The van der Waals surface area contributed by atoms with E-state index >= 15 is 0 Å². The van der Waals surface area contributed by atoms with Gasteiger partial charge in [0.15, 0.2) is 0 Å². The summed E-state index contributed by atoms with van der Waals surface area (Å²) in [6.07, 6.45) is 3.14. The zero-order valence-corrected chi connectivity index (χ0v) is 18.1. The molecule has 5 nitrogen and oxygen atoms in total. The molecule has 0 aromatic heterocycles. The molecule has 0 heterocycles. The van der Waals surface area contributed by atoms with Crippen LogP contribution in [0.25, 0.3) is 0 Å². The molecule has 27 heavy (non-hydrogen) atoms. The Kier molecular flexibility index (Phi) is 8.30. The standard InChI is InChI=1S/C22H37NO4/c1-16-12-18(27-11-9-8-10-22(6,7)15-24)13-17(2)20(16)23(26)19(25)14-21(3,4)5/h12-13,24,26H,8-11,14-15H2,1-7H3. The van der Waals surface area contributed by atoms with Crippen LogP contribution in [0.15, 0.2) is 12.1 Å². The number of anilines is 1. The summed E-state index contributed by atoms with van der Waals surface area (Å²) in [6.45, 7) is 14.6. The maximum atomic E-state index is 12.3. The molecule has 0 radical (unpaired) electrons. The molecule has 2 N–H and O–H groups in total. The quantitative estimate of drug-likeness (QED) is 0.359. The summed E-state index contributed by atoms with van der Waals surface area (Å²) in [5.41, 5.74) is 1.90. The summed E-state index contributed by atoms with van der Waals surface area (Å²) in [6, 6.07) is 3.71. The molecule has 1 amide bonds. The van der Waals surface area contributed by atoms with Crippen molar-refractivity contribution in [2.45, 2.75) is 74.1 Å². The minimum Gasteiger partial charge on any atom is -0.494 e. The van der Waals surface area contributed by atoms with E-state index in [1.165, 1.54) is 0 Å². The van der Waals surface area contributed by atoms with Gasteiger partial charge in [-0.05, 0) is 67.2 Å². The smallest absolute Gasteiger partial charge is 0.251 e. The van der Waals surface area contributed by atoms with Gasteiger partial charge in [0.25, 0.3) is 5.91 Å². The van der Waals surface area contributed by atoms with Crippen molar-refractivity contribution in [1.29, 1.82) is 0 Å². The van der Waals surface area contributed by atoms with Gasteiger partial charge in [-0.3, -0.25) is 10.0 Å². The number of aliphatic hydroxyl groups excluding tert-OH is 1. The summed E-state index contributed by atoms with van der Waals surface area (Å²) < 4.78 is 5.84. The third-order valence-electron chi connectivity index (χ3n) is 4.54. The number of aryl methyl sites for hydroxylation is 2. The van der Waals surface area contributed by atoms with E-state index in [0.29, 0.717) is 12.3 Å². The fourth-order valence-corrected chi connectivity index (χ4v) is 2.96. The summed E-state index contributed by atoms with van der Waals surface area (Å²) in [4.78, 5) is 12.3. The molecule has 0 aliphatic heterocycles. The summed E-state index contributed by atoms with van der Waals surface area (Å²) >= 11 is 0. The van der Waals surface area contributed by atoms with E-state index in [0.717, 1.165) is 41.2 Å². The van der Waals surface area contributed by atoms with Crippen LogP contribution in [0.4, 0.5) is 5.69 Å². The minimum atomic E-state index is -0.311. The monoisotopic (exact) mass is 379 g/mol. The lowest BCUT2D eigenvalue weighted by Gasteiger charge is -2.24. The summed E-state index contributed by atoms with van der Waals surface area (Å²) in [5.74, 6) is 0.431. The van der Waals surface area contributed by atoms with E-state index < -0.39 is 0 Å². The van der Waals surface area contributed by atoms with E-state index in [9.17, 15) is 15.1 Å². The first-order valence-corrected chi connectivity index (χ1v) is 9.73. The van der Waals surface area contributed by atoms with Gasteiger partial charge in [0.05, 0.1) is 12.3 Å². The molecule has 0 unspecified atom stereocenters. The highest BCUT2D eigenvalue weighted by molar-refractivity contribution is 5.93. The van der Waals surface area contributed by atoms with Crippen LogP contribution in [0.3, 0.4) is 0 Å². The average molecular weight is 380 g/mol. The molecule has 1 rings (SSSR count). The van der Waals surface area contributed by atoms with Crippen LogP contribution in [-0.4, -0.2) is 29.4 Å². The lowest BCUT2D eigenvalue weighted by atomic mass is 9.88. The predicted octanol–water partition coefficient (Wildman–Crippen LogP) is 5.03. The molecule has 0 aliphatic carbocycles. The number of hydroxylamine groups is 1. The number of nitrogens with zero attached hydrogens (tertiary/aromatic N) is 1. The highest BCUT2D eigenvalue weighted by Crippen LogP contribution is 2.31. The highest BCUT2D eigenvalue weighted by Gasteiger charge is 2.24. The zero-order chi connectivity index (χ0) is 20.8. The van der Waals surface area contributed by atoms with Crippen LogP contribution in [0.2, 0.25) is 0 Å². The summed E-state index contributed by atoms with van der Waals surface area (Å²) in [7, 11) is 0. The first kappa shape index (κ1) is 23.4. The first-order valence-electron chi connectivity index (χ1n) is 9.73. The van der Waals surface area contributed by atoms with Crippen LogP contribution in [0.1, 0.15) is 71.4 Å². The Balaban J connectivity index is 2.68. The van der Waals surface area contributed by atoms with Gasteiger partial charge >= 0.3 is 0 Å². The van der Waals surface area contributed by atoms with Crippen molar-refractivity contribution < 1.29 is 19.8 Å². The molecule has 0 saturated heterocycles. The lowest BCUT2D eigenvalue weighted by molar-refractivity contribution is -0.125. The van der Waals surface area contributed by atoms with Crippen LogP contribution in [-0.2, 0) is 4.79 Å². The molecule has 0 bridgehead atoms. The topological polar surface area (TPSA) is 70.0 Å². The number of benzene rings is 1. The zero-order valence-electron chi connectivity index (χ0n) is 18.1. The molecule has 0 saturated carbocycles. The number of carbonyl (C=O) groups excluding carboxylic acids is 1. The molecule has 0 fully saturated rings. The van der Waals surface area contributed by atoms with Crippen molar-refractivity contribution in [1.82, 2.24) is 0 Å². The van der Waals surface area contributed by atoms with Crippen LogP contribution in [0, 0.1) is 24.7 Å². The third-order valence-corrected chi connectivity index (χ3v) is 4.54. The van der Waals surface area contributed by atoms with Crippen molar-refractivity contribution in [3.05, 3.63) is 23.3 Å². The lowest BCUT2D eigenvalue weighted by Crippen LogP contribution is -2.31. The fraction of sp³-hybridized carbons (Fsp3) is 0.682. The second kappa shape index (κ2) is 9.56. The highest BCUT2D eigenvalue weighted by atomic mass is 16.5. The van der Waals surface area contributed by atoms with Crippen LogP contribution >= 0.6 is 0 Å². The first-order chi connectivity index (χ1) is 12.4. The Morgan fingerprint density at radius 2 is 1.63 bits per heavy atom. The number of carbonyl (C=O) groups is 1. The Bertz CT molecular complexity index is 609. The molecule has 5 heteroatoms. The fourth-order valence-electron chi connectivity index (χ4n) is 2.96. The van der Waals surface area contributed by atoms with E-state index in [1.807, 2.05) is 46.8 Å². The van der Waals surface area contributed by atoms with Gasteiger partial charge < -0.3 is 9.84 Å². The van der Waals surface area contributed by atoms with Crippen molar-refractivity contribution >= 4 is 11.6 Å². The maximum absolute atomic E-state index is 12.3. The largest absolute Gasteiger partial charge is 0.494 e. The van der Waals surface area contributed by atoms with E-state index in [1.54, 1.807) is 0 Å². The predicted molar refractivity (Wildman–Crippen MR) is 109 cm³/mol. The van der Waals surface area contributed by atoms with Crippen molar-refractivity contribution in [2.75, 3.05) is 18.3 Å². The number of ether oxygens (including phenoxy) is 1. The molecule has 0 atom stereocenters. The minimum absolute atomic E-state index is 0.0427. The number of unbranched alkanes of at least 4 members (excludes halogenated alkanes) is 1. The number of hydrogen-bond acceptors (Lipinski definition) is 4. The molecule has 1 aromatic carbocycles. The molecule has 154 valence electrons. The molecule has 1 aromatic rings. The molecule has 0 spiro atoms. The van der Waals surface area contributed by atoms with E-state index in [-0.39, 0.29) is 29.8 Å². The van der Waals surface area contributed by atoms with Crippen LogP contribution in [0.5, 0.6) is 5.75 Å². The van der Waals surface area contributed by atoms with Crippen molar-refractivity contribution in [3.63, 3.8) is 0 Å². The Hall–Kier alpha value is -1.59. The maximum Gasteiger partial charge on any atom is 0.251 e. The van der Waals surface area contributed by atoms with Gasteiger partial charge in [-0.1, -0.05) is 34.6 Å². The van der Waals surface area contributed by atoms with Crippen molar-refractivity contribution in [2.24, 2.45) is 10.8 Å². The Labute approximate surface area is 164 Å². The normalized spacial score (nSPS) is 12.2. The van der Waals surface area contributed by atoms with Gasteiger partial charge in [-0.25, -0.2) is 0 Å². The number of rotatable bonds is 9. The molecular weight excluding hydrogens is 342 g/mol. The van der Waals surface area contributed by atoms with Crippen LogP contribution < -0.4 is 9.80 Å². The number of amides is 1. The Morgan fingerprint density at radius 3 is 2.11 bits per heavy atom. The van der Waals surface area contributed by atoms with Gasteiger partial charge in [-0.2, -0.15) is 5.06 Å². The van der Waals surface area contributed by atoms with Gasteiger partial charge in [0, 0.05) is 13.0 Å². The SMILES string of the molecule is Cc1cc(OCCCCC(C)(C)CO)cc(C)c1N(O)C(=O)CC(C)(C)C. The third kappa shape index (κ3) is 7.89. The van der Waals surface area contributed by atoms with Gasteiger partial charge in [0.2, 0.25) is 0 Å². The second-order valence-electron chi connectivity index (χ2n) is 9.48. The molecule has 0 aliphatic rings. The number of hydrogen-bond donors (Lipinski definition) is 2. The Morgan fingerprint density at radius 1 is 1.07 bits per heavy atom. The van der Waals surface area contributed by atoms with E-state index in [4.69, 9.17) is 4.74 Å². The van der Waals surface area contributed by atoms with Gasteiger partial charge in [0.1, 0.15) is 5.75 Å². The van der Waals surface area contributed by atoms with Gasteiger partial charge in [-0.15, -0.1) is 0 Å². The summed E-state index contributed by atoms with van der Waals surface area (Å²) in [5, 5.41) is 20.4. The average Bonchev–Trinajstić information content (AvgIpc) is 2.52.